The van der Waals surface area contributed by atoms with Gasteiger partial charge < -0.3 is 20.3 Å². The van der Waals surface area contributed by atoms with Crippen LogP contribution in [0.3, 0.4) is 0 Å². The lowest BCUT2D eigenvalue weighted by Gasteiger charge is -2.24. The monoisotopic (exact) mass is 858 g/mol. The third-order valence-corrected chi connectivity index (χ3v) is 12.2. The van der Waals surface area contributed by atoms with E-state index in [1.54, 1.807) is 0 Å². The summed E-state index contributed by atoms with van der Waals surface area (Å²) in [6.07, 6.45) is 57.7. The van der Waals surface area contributed by atoms with Crippen molar-refractivity contribution in [3.05, 3.63) is 36.5 Å². The molecule has 1 amide bonds. The molecular weight excluding hydrogens is 755 g/mol. The van der Waals surface area contributed by atoms with E-state index in [0.717, 1.165) is 70.6 Å². The van der Waals surface area contributed by atoms with E-state index in [0.29, 0.717) is 19.3 Å². The van der Waals surface area contributed by atoms with E-state index in [1.165, 1.54) is 161 Å². The Balaban J connectivity index is 4.55. The number of aliphatic hydroxyl groups excluding tert-OH is 2. The number of aliphatic hydroxyl groups is 2. The zero-order chi connectivity index (χ0) is 44.5. The van der Waals surface area contributed by atoms with Crippen LogP contribution in [0, 0.1) is 0 Å². The fraction of sp³-hybridized carbons (Fsp3) is 0.855. The number of carbonyl (C=O) groups excluding carboxylic acids is 2. The number of hydrogen-bond acceptors (Lipinski definition) is 5. The molecule has 3 N–H and O–H groups in total. The summed E-state index contributed by atoms with van der Waals surface area (Å²) < 4.78 is 5.94. The fourth-order valence-electron chi connectivity index (χ4n) is 8.21. The Morgan fingerprint density at radius 3 is 1.34 bits per heavy atom. The summed E-state index contributed by atoms with van der Waals surface area (Å²) in [6.45, 7) is 6.39. The lowest BCUT2D eigenvalue weighted by atomic mass is 10.0. The highest BCUT2D eigenvalue weighted by Gasteiger charge is 2.24. The molecule has 3 atom stereocenters. The van der Waals surface area contributed by atoms with E-state index in [-0.39, 0.29) is 24.9 Å². The fourth-order valence-corrected chi connectivity index (χ4v) is 8.21. The molecule has 0 saturated carbocycles. The van der Waals surface area contributed by atoms with Crippen molar-refractivity contribution in [1.82, 2.24) is 5.32 Å². The molecule has 358 valence electrons. The predicted octanol–water partition coefficient (Wildman–Crippen LogP) is 16.1. The number of allylic oxidation sites excluding steroid dienone is 6. The largest absolute Gasteiger partial charge is 0.462 e. The SMILES string of the molecule is CC/C=C/C/C=C/C/C=C/CCCCCCCCC(=O)OC(CCCCCCCCCCCCCCC)CC(=O)NC(CO)C(O)CCCCCCCCCCCCCCC. The molecule has 0 aliphatic carbocycles. The normalized spacial score (nSPS) is 13.5. The Bertz CT molecular complexity index is 1010. The van der Waals surface area contributed by atoms with Crippen LogP contribution in [0.2, 0.25) is 0 Å². The second-order valence-electron chi connectivity index (χ2n) is 18.3. The van der Waals surface area contributed by atoms with Crippen molar-refractivity contribution in [3.8, 4) is 0 Å². The second kappa shape index (κ2) is 49.1. The van der Waals surface area contributed by atoms with Crippen molar-refractivity contribution in [2.45, 2.75) is 296 Å². The molecule has 0 rings (SSSR count). The average molecular weight is 858 g/mol. The highest BCUT2D eigenvalue weighted by atomic mass is 16.5. The van der Waals surface area contributed by atoms with Crippen molar-refractivity contribution >= 4 is 11.9 Å². The van der Waals surface area contributed by atoms with Crippen LogP contribution >= 0.6 is 0 Å². The molecule has 6 heteroatoms. The van der Waals surface area contributed by atoms with E-state index < -0.39 is 18.2 Å². The molecule has 3 unspecified atom stereocenters. The van der Waals surface area contributed by atoms with Gasteiger partial charge in [-0.05, 0) is 57.8 Å². The maximum Gasteiger partial charge on any atom is 0.306 e. The molecule has 61 heavy (non-hydrogen) atoms. The zero-order valence-electron chi connectivity index (χ0n) is 40.8. The van der Waals surface area contributed by atoms with Gasteiger partial charge in [-0.25, -0.2) is 0 Å². The molecule has 0 aliphatic heterocycles. The molecule has 0 radical (unpaired) electrons. The number of amides is 1. The minimum absolute atomic E-state index is 0.0764. The summed E-state index contributed by atoms with van der Waals surface area (Å²) in [6, 6.07) is -0.700. The lowest BCUT2D eigenvalue weighted by Crippen LogP contribution is -2.46. The Hall–Kier alpha value is -1.92. The first-order valence-corrected chi connectivity index (χ1v) is 26.7. The molecular formula is C55H103NO5. The molecule has 0 saturated heterocycles. The maximum atomic E-state index is 13.2. The Morgan fingerprint density at radius 1 is 0.492 bits per heavy atom. The van der Waals surface area contributed by atoms with E-state index in [2.05, 4.69) is 62.5 Å². The van der Waals surface area contributed by atoms with Gasteiger partial charge in [-0.15, -0.1) is 0 Å². The van der Waals surface area contributed by atoms with Crippen LogP contribution in [0.4, 0.5) is 0 Å². The third-order valence-electron chi connectivity index (χ3n) is 12.2. The molecule has 0 fully saturated rings. The zero-order valence-corrected chi connectivity index (χ0v) is 40.8. The van der Waals surface area contributed by atoms with Crippen molar-refractivity contribution < 1.29 is 24.5 Å². The van der Waals surface area contributed by atoms with Gasteiger partial charge in [-0.2, -0.15) is 0 Å². The van der Waals surface area contributed by atoms with Crippen LogP contribution < -0.4 is 5.32 Å². The standard InChI is InChI=1S/C55H103NO5/c1-4-7-10-13-16-19-22-25-26-27-30-33-36-39-42-45-48-55(60)61-51(46-43-40-37-34-31-28-23-20-17-14-11-8-5-2)49-54(59)56-52(50-57)53(58)47-44-41-38-35-32-29-24-21-18-15-12-9-6-3/h7,10,16,19,25-26,51-53,57-58H,4-6,8-9,11-15,17-18,20-24,27-50H2,1-3H3,(H,56,59)/b10-7+,19-16+,26-25+. The Morgan fingerprint density at radius 2 is 0.885 bits per heavy atom. The Kier molecular flexibility index (Phi) is 47.6. The topological polar surface area (TPSA) is 95.9 Å². The van der Waals surface area contributed by atoms with Gasteiger partial charge in [-0.1, -0.05) is 243 Å². The van der Waals surface area contributed by atoms with Crippen LogP contribution in [-0.4, -0.2) is 46.9 Å². The van der Waals surface area contributed by atoms with E-state index >= 15 is 0 Å². The lowest BCUT2D eigenvalue weighted by molar-refractivity contribution is -0.151. The first kappa shape index (κ1) is 59.1. The minimum Gasteiger partial charge on any atom is -0.462 e. The molecule has 0 aromatic heterocycles. The summed E-state index contributed by atoms with van der Waals surface area (Å²) >= 11 is 0. The van der Waals surface area contributed by atoms with E-state index in [1.807, 2.05) is 0 Å². The van der Waals surface area contributed by atoms with Crippen LogP contribution in [0.1, 0.15) is 278 Å². The second-order valence-corrected chi connectivity index (χ2v) is 18.3. The van der Waals surface area contributed by atoms with E-state index in [4.69, 9.17) is 4.74 Å². The smallest absolute Gasteiger partial charge is 0.306 e. The molecule has 6 nitrogen and oxygen atoms in total. The van der Waals surface area contributed by atoms with Gasteiger partial charge in [-0.3, -0.25) is 9.59 Å². The van der Waals surface area contributed by atoms with Crippen molar-refractivity contribution in [3.63, 3.8) is 0 Å². The molecule has 0 aromatic rings. The summed E-state index contributed by atoms with van der Waals surface area (Å²) in [7, 11) is 0. The molecule has 0 bridgehead atoms. The summed E-state index contributed by atoms with van der Waals surface area (Å²) in [5, 5.41) is 23.8. The average Bonchev–Trinajstić information content (AvgIpc) is 3.25. The number of carbonyl (C=O) groups is 2. The van der Waals surface area contributed by atoms with Crippen molar-refractivity contribution in [2.75, 3.05) is 6.61 Å². The van der Waals surface area contributed by atoms with Gasteiger partial charge in [0.05, 0.1) is 25.2 Å². The maximum absolute atomic E-state index is 13.2. The van der Waals surface area contributed by atoms with Crippen LogP contribution in [-0.2, 0) is 14.3 Å². The number of nitrogens with one attached hydrogen (secondary N) is 1. The molecule has 0 spiro atoms. The molecule has 0 aromatic carbocycles. The van der Waals surface area contributed by atoms with Gasteiger partial charge in [0.15, 0.2) is 0 Å². The first-order valence-electron chi connectivity index (χ1n) is 26.7. The van der Waals surface area contributed by atoms with Crippen LogP contribution in [0.25, 0.3) is 0 Å². The highest BCUT2D eigenvalue weighted by molar-refractivity contribution is 5.77. The van der Waals surface area contributed by atoms with Gasteiger partial charge in [0.25, 0.3) is 0 Å². The highest BCUT2D eigenvalue weighted by Crippen LogP contribution is 2.18. The molecule has 0 aliphatic rings. The van der Waals surface area contributed by atoms with Crippen molar-refractivity contribution in [1.29, 1.82) is 0 Å². The number of hydrogen-bond donors (Lipinski definition) is 3. The van der Waals surface area contributed by atoms with Crippen LogP contribution in [0.15, 0.2) is 36.5 Å². The number of unbranched alkanes of at least 4 members (excludes halogenated alkanes) is 30. The third kappa shape index (κ3) is 44.5. The van der Waals surface area contributed by atoms with E-state index in [9.17, 15) is 19.8 Å². The minimum atomic E-state index is -0.787. The number of rotatable bonds is 48. The molecule has 0 heterocycles. The summed E-state index contributed by atoms with van der Waals surface area (Å²) in [5.41, 5.74) is 0. The number of ether oxygens (including phenoxy) is 1. The Labute approximate surface area is 379 Å². The number of esters is 1. The quantitative estimate of drug-likeness (QED) is 0.0322. The van der Waals surface area contributed by atoms with Gasteiger partial charge >= 0.3 is 5.97 Å². The van der Waals surface area contributed by atoms with Gasteiger partial charge in [0.1, 0.15) is 6.10 Å². The van der Waals surface area contributed by atoms with Crippen LogP contribution in [0.5, 0.6) is 0 Å². The van der Waals surface area contributed by atoms with Crippen molar-refractivity contribution in [2.24, 2.45) is 0 Å². The first-order chi connectivity index (χ1) is 30.0. The summed E-state index contributed by atoms with van der Waals surface area (Å²) in [4.78, 5) is 26.2. The van der Waals surface area contributed by atoms with Gasteiger partial charge in [0, 0.05) is 6.42 Å². The predicted molar refractivity (Wildman–Crippen MR) is 264 cm³/mol. The summed E-state index contributed by atoms with van der Waals surface area (Å²) in [5.74, 6) is -0.476. The van der Waals surface area contributed by atoms with Gasteiger partial charge in [0.2, 0.25) is 5.91 Å².